The molecule has 0 aromatic rings. The summed E-state index contributed by atoms with van der Waals surface area (Å²) in [7, 11) is 0. The number of ether oxygens (including phenoxy) is 1. The van der Waals surface area contributed by atoms with Crippen LogP contribution in [0.25, 0.3) is 0 Å². The molecule has 2 unspecified atom stereocenters. The van der Waals surface area contributed by atoms with Crippen LogP contribution in [0.5, 0.6) is 0 Å². The van der Waals surface area contributed by atoms with Crippen molar-refractivity contribution >= 4 is 5.91 Å². The van der Waals surface area contributed by atoms with Gasteiger partial charge in [0.2, 0.25) is 5.91 Å². The molecule has 2 fully saturated rings. The number of likely N-dealkylation sites (N-methyl/N-ethyl adjacent to an activating group) is 1. The molecule has 4 nitrogen and oxygen atoms in total. The summed E-state index contributed by atoms with van der Waals surface area (Å²) in [5.41, 5.74) is -0.145. The highest BCUT2D eigenvalue weighted by atomic mass is 16.5. The normalized spacial score (nSPS) is 37.3. The van der Waals surface area contributed by atoms with E-state index in [0.717, 1.165) is 32.6 Å². The van der Waals surface area contributed by atoms with Crippen molar-refractivity contribution in [3.63, 3.8) is 0 Å². The highest BCUT2D eigenvalue weighted by Gasteiger charge is 2.42. The maximum absolute atomic E-state index is 11.5. The van der Waals surface area contributed by atoms with Gasteiger partial charge >= 0.3 is 0 Å². The van der Waals surface area contributed by atoms with Gasteiger partial charge in [-0.3, -0.25) is 4.79 Å². The number of rotatable bonds is 2. The Kier molecular flexibility index (Phi) is 2.98. The fourth-order valence-corrected chi connectivity index (χ4v) is 2.54. The van der Waals surface area contributed by atoms with Crippen LogP contribution in [-0.2, 0) is 9.53 Å². The number of morpholine rings is 1. The third-order valence-corrected chi connectivity index (χ3v) is 3.69. The Hall–Kier alpha value is -0.610. The molecule has 1 amide bonds. The zero-order valence-electron chi connectivity index (χ0n) is 9.58. The van der Waals surface area contributed by atoms with Gasteiger partial charge in [0.1, 0.15) is 6.61 Å². The van der Waals surface area contributed by atoms with Crippen molar-refractivity contribution in [2.24, 2.45) is 5.92 Å². The Labute approximate surface area is 91.0 Å². The van der Waals surface area contributed by atoms with Crippen molar-refractivity contribution in [1.29, 1.82) is 0 Å². The van der Waals surface area contributed by atoms with E-state index in [1.807, 2.05) is 11.8 Å². The van der Waals surface area contributed by atoms with E-state index in [0.29, 0.717) is 5.92 Å². The average Bonchev–Trinajstić information content (AvgIpc) is 2.76. The molecular weight excluding hydrogens is 192 g/mol. The number of hydrogen-bond donors (Lipinski definition) is 1. The van der Waals surface area contributed by atoms with Crippen molar-refractivity contribution in [1.82, 2.24) is 10.2 Å². The number of carbonyl (C=O) groups is 1. The van der Waals surface area contributed by atoms with Gasteiger partial charge in [0.15, 0.2) is 0 Å². The van der Waals surface area contributed by atoms with Crippen molar-refractivity contribution in [3.05, 3.63) is 0 Å². The van der Waals surface area contributed by atoms with Crippen LogP contribution in [0.4, 0.5) is 0 Å². The quantitative estimate of drug-likeness (QED) is 0.712. The Morgan fingerprint density at radius 3 is 3.07 bits per heavy atom. The van der Waals surface area contributed by atoms with Crippen LogP contribution >= 0.6 is 0 Å². The molecule has 86 valence electrons. The lowest BCUT2D eigenvalue weighted by Gasteiger charge is -2.43. The third kappa shape index (κ3) is 2.01. The summed E-state index contributed by atoms with van der Waals surface area (Å²) < 4.78 is 5.76. The minimum atomic E-state index is -0.145. The smallest absolute Gasteiger partial charge is 0.248 e. The summed E-state index contributed by atoms with van der Waals surface area (Å²) in [6, 6.07) is 0. The fraction of sp³-hybridized carbons (Fsp3) is 0.909. The Morgan fingerprint density at radius 1 is 1.67 bits per heavy atom. The molecule has 0 bridgehead atoms. The zero-order valence-corrected chi connectivity index (χ0v) is 9.58. The standard InChI is InChI=1S/C11H20N2O2/c1-3-13-8-11(2,15-7-10(13)14)9-4-5-12-6-9/h9,12H,3-8H2,1-2H3. The molecule has 2 rings (SSSR count). The van der Waals surface area contributed by atoms with Crippen molar-refractivity contribution in [2.45, 2.75) is 25.9 Å². The van der Waals surface area contributed by atoms with E-state index in [2.05, 4.69) is 12.2 Å². The van der Waals surface area contributed by atoms with Crippen LogP contribution in [0.2, 0.25) is 0 Å². The van der Waals surface area contributed by atoms with Gasteiger partial charge in [-0.05, 0) is 26.8 Å². The first-order chi connectivity index (χ1) is 7.15. The zero-order chi connectivity index (χ0) is 10.9. The largest absolute Gasteiger partial charge is 0.363 e. The third-order valence-electron chi connectivity index (χ3n) is 3.69. The van der Waals surface area contributed by atoms with Gasteiger partial charge in [0.05, 0.1) is 5.60 Å². The predicted molar refractivity (Wildman–Crippen MR) is 57.6 cm³/mol. The molecule has 0 saturated carbocycles. The van der Waals surface area contributed by atoms with E-state index in [1.165, 1.54) is 0 Å². The molecule has 0 aliphatic carbocycles. The fourth-order valence-electron chi connectivity index (χ4n) is 2.54. The molecule has 0 aromatic heterocycles. The summed E-state index contributed by atoms with van der Waals surface area (Å²) in [4.78, 5) is 13.4. The second-order valence-electron chi connectivity index (χ2n) is 4.70. The highest BCUT2D eigenvalue weighted by Crippen LogP contribution is 2.30. The monoisotopic (exact) mass is 212 g/mol. The SMILES string of the molecule is CCN1CC(C)(C2CCNC2)OCC1=O. The molecule has 0 aromatic carbocycles. The first kappa shape index (κ1) is 10.9. The summed E-state index contributed by atoms with van der Waals surface area (Å²) in [6.07, 6.45) is 1.16. The lowest BCUT2D eigenvalue weighted by atomic mass is 9.86. The predicted octanol–water partition coefficient (Wildman–Crippen LogP) is 0.233. The van der Waals surface area contributed by atoms with Gasteiger partial charge in [-0.25, -0.2) is 0 Å². The van der Waals surface area contributed by atoms with Gasteiger partial charge in [-0.2, -0.15) is 0 Å². The van der Waals surface area contributed by atoms with Crippen molar-refractivity contribution < 1.29 is 9.53 Å². The summed E-state index contributed by atoms with van der Waals surface area (Å²) >= 11 is 0. The van der Waals surface area contributed by atoms with Crippen LogP contribution in [-0.4, -0.2) is 49.2 Å². The maximum Gasteiger partial charge on any atom is 0.248 e. The summed E-state index contributed by atoms with van der Waals surface area (Å²) in [5, 5.41) is 3.36. The lowest BCUT2D eigenvalue weighted by Crippen LogP contribution is -2.56. The average molecular weight is 212 g/mol. The lowest BCUT2D eigenvalue weighted by molar-refractivity contribution is -0.168. The van der Waals surface area contributed by atoms with E-state index in [-0.39, 0.29) is 18.1 Å². The molecule has 2 saturated heterocycles. The Morgan fingerprint density at radius 2 is 2.47 bits per heavy atom. The first-order valence-electron chi connectivity index (χ1n) is 5.78. The minimum absolute atomic E-state index is 0.126. The molecule has 0 spiro atoms. The molecule has 15 heavy (non-hydrogen) atoms. The van der Waals surface area contributed by atoms with Crippen LogP contribution < -0.4 is 5.32 Å². The molecule has 1 N–H and O–H groups in total. The molecule has 2 aliphatic heterocycles. The van der Waals surface area contributed by atoms with Gasteiger partial charge in [-0.1, -0.05) is 0 Å². The molecular formula is C11H20N2O2. The van der Waals surface area contributed by atoms with E-state index in [1.54, 1.807) is 0 Å². The van der Waals surface area contributed by atoms with Crippen LogP contribution in [0, 0.1) is 5.92 Å². The number of nitrogens with one attached hydrogen (secondary N) is 1. The van der Waals surface area contributed by atoms with E-state index >= 15 is 0 Å². The van der Waals surface area contributed by atoms with Gasteiger partial charge < -0.3 is 15.0 Å². The maximum atomic E-state index is 11.5. The van der Waals surface area contributed by atoms with E-state index in [4.69, 9.17) is 4.74 Å². The van der Waals surface area contributed by atoms with E-state index in [9.17, 15) is 4.79 Å². The first-order valence-corrected chi connectivity index (χ1v) is 5.78. The molecule has 2 atom stereocenters. The van der Waals surface area contributed by atoms with Gasteiger partial charge in [-0.15, -0.1) is 0 Å². The Bertz CT molecular complexity index is 251. The molecule has 0 radical (unpaired) electrons. The summed E-state index contributed by atoms with van der Waals surface area (Å²) in [6.45, 7) is 8.04. The number of nitrogens with zero attached hydrogens (tertiary/aromatic N) is 1. The summed E-state index contributed by atoms with van der Waals surface area (Å²) in [5.74, 6) is 0.667. The number of amides is 1. The Balaban J connectivity index is 2.05. The molecule has 4 heteroatoms. The second-order valence-corrected chi connectivity index (χ2v) is 4.70. The number of hydrogen-bond acceptors (Lipinski definition) is 3. The minimum Gasteiger partial charge on any atom is -0.363 e. The van der Waals surface area contributed by atoms with E-state index < -0.39 is 0 Å². The topological polar surface area (TPSA) is 41.6 Å². The van der Waals surface area contributed by atoms with Crippen molar-refractivity contribution in [3.8, 4) is 0 Å². The van der Waals surface area contributed by atoms with Crippen LogP contribution in [0.3, 0.4) is 0 Å². The second kappa shape index (κ2) is 4.10. The number of carbonyl (C=O) groups excluding carboxylic acids is 1. The van der Waals surface area contributed by atoms with Crippen LogP contribution in [0.15, 0.2) is 0 Å². The van der Waals surface area contributed by atoms with Gasteiger partial charge in [0, 0.05) is 25.6 Å². The molecule has 2 heterocycles. The van der Waals surface area contributed by atoms with Gasteiger partial charge in [0.25, 0.3) is 0 Å². The van der Waals surface area contributed by atoms with Crippen molar-refractivity contribution in [2.75, 3.05) is 32.8 Å². The van der Waals surface area contributed by atoms with Crippen LogP contribution in [0.1, 0.15) is 20.3 Å². The highest BCUT2D eigenvalue weighted by molar-refractivity contribution is 5.78. The molecule has 2 aliphatic rings.